The third-order valence-corrected chi connectivity index (χ3v) is 4.21. The van der Waals surface area contributed by atoms with E-state index in [-0.39, 0.29) is 5.82 Å². The predicted molar refractivity (Wildman–Crippen MR) is 86.1 cm³/mol. The Hall–Kier alpha value is -1.98. The Morgan fingerprint density at radius 3 is 2.78 bits per heavy atom. The third-order valence-electron chi connectivity index (χ3n) is 4.21. The smallest absolute Gasteiger partial charge is 0.221 e. The molecule has 3 rings (SSSR count). The van der Waals surface area contributed by atoms with Crippen molar-refractivity contribution in [3.8, 4) is 0 Å². The first kappa shape index (κ1) is 15.9. The Labute approximate surface area is 135 Å². The van der Waals surface area contributed by atoms with Gasteiger partial charge in [0.15, 0.2) is 0 Å². The number of halogens is 1. The third kappa shape index (κ3) is 4.27. The highest BCUT2D eigenvalue weighted by atomic mass is 19.1. The Morgan fingerprint density at radius 1 is 1.30 bits per heavy atom. The summed E-state index contributed by atoms with van der Waals surface area (Å²) in [7, 11) is 0. The Balaban J connectivity index is 1.42. The maximum Gasteiger partial charge on any atom is 0.221 e. The molecule has 1 aliphatic heterocycles. The van der Waals surface area contributed by atoms with Crippen LogP contribution < -0.4 is 0 Å². The molecule has 0 aliphatic carbocycles. The van der Waals surface area contributed by atoms with Crippen LogP contribution in [0.4, 0.5) is 4.39 Å². The highest BCUT2D eigenvalue weighted by Gasteiger charge is 2.16. The second-order valence-corrected chi connectivity index (χ2v) is 5.83. The number of hydrogen-bond donors (Lipinski definition) is 1. The summed E-state index contributed by atoms with van der Waals surface area (Å²) in [6.07, 6.45) is 7.41. The standard InChI is InChI=1S/C18H21FN2O2/c19-16-5-3-14(4-6-16)17(22)2-1-10-21-11-7-15(8-12-21)18-20-9-13-23-18/h3-7,9,13,17,22H,1-2,8,10-12H2. The van der Waals surface area contributed by atoms with Gasteiger partial charge in [-0.25, -0.2) is 9.37 Å². The first-order valence-electron chi connectivity index (χ1n) is 7.97. The zero-order chi connectivity index (χ0) is 16.1. The molecule has 1 N–H and O–H groups in total. The van der Waals surface area contributed by atoms with Crippen LogP contribution in [0.5, 0.6) is 0 Å². The van der Waals surface area contributed by atoms with Gasteiger partial charge in [-0.2, -0.15) is 0 Å². The number of aliphatic hydroxyl groups is 1. The van der Waals surface area contributed by atoms with Crippen molar-refractivity contribution in [2.75, 3.05) is 19.6 Å². The molecule has 4 nitrogen and oxygen atoms in total. The van der Waals surface area contributed by atoms with E-state index in [1.54, 1.807) is 24.6 Å². The van der Waals surface area contributed by atoms with Gasteiger partial charge in [-0.15, -0.1) is 0 Å². The predicted octanol–water partition coefficient (Wildman–Crippen LogP) is 3.42. The highest BCUT2D eigenvalue weighted by molar-refractivity contribution is 5.59. The van der Waals surface area contributed by atoms with Gasteiger partial charge in [-0.1, -0.05) is 18.2 Å². The molecule has 0 saturated heterocycles. The monoisotopic (exact) mass is 316 g/mol. The van der Waals surface area contributed by atoms with E-state index < -0.39 is 6.10 Å². The lowest BCUT2D eigenvalue weighted by Gasteiger charge is -2.25. The first-order chi connectivity index (χ1) is 11.2. The molecule has 0 spiro atoms. The molecule has 2 heterocycles. The molecule has 0 bridgehead atoms. The van der Waals surface area contributed by atoms with Crippen LogP contribution in [0, 0.1) is 5.82 Å². The van der Waals surface area contributed by atoms with Gasteiger partial charge in [0, 0.05) is 18.7 Å². The summed E-state index contributed by atoms with van der Waals surface area (Å²) in [5.74, 6) is 0.444. The number of nitrogens with zero attached hydrogens (tertiary/aromatic N) is 2. The van der Waals surface area contributed by atoms with Crippen LogP contribution in [0.3, 0.4) is 0 Å². The first-order valence-corrected chi connectivity index (χ1v) is 7.97. The largest absolute Gasteiger partial charge is 0.445 e. The summed E-state index contributed by atoms with van der Waals surface area (Å²) < 4.78 is 18.2. The number of oxazole rings is 1. The van der Waals surface area contributed by atoms with Crippen molar-refractivity contribution in [1.82, 2.24) is 9.88 Å². The van der Waals surface area contributed by atoms with Crippen molar-refractivity contribution >= 4 is 5.57 Å². The van der Waals surface area contributed by atoms with Gasteiger partial charge >= 0.3 is 0 Å². The number of aromatic nitrogens is 1. The molecule has 0 amide bonds. The van der Waals surface area contributed by atoms with E-state index in [1.165, 1.54) is 12.1 Å². The van der Waals surface area contributed by atoms with Gasteiger partial charge in [-0.05, 0) is 43.5 Å². The average Bonchev–Trinajstić information content (AvgIpc) is 3.10. The van der Waals surface area contributed by atoms with E-state index in [2.05, 4.69) is 16.0 Å². The molecule has 5 heteroatoms. The van der Waals surface area contributed by atoms with Crippen molar-refractivity contribution in [3.63, 3.8) is 0 Å². The maximum atomic E-state index is 12.9. The van der Waals surface area contributed by atoms with Crippen LogP contribution >= 0.6 is 0 Å². The molecule has 23 heavy (non-hydrogen) atoms. The molecule has 1 unspecified atom stereocenters. The maximum absolute atomic E-state index is 12.9. The van der Waals surface area contributed by atoms with Crippen LogP contribution in [0.25, 0.3) is 5.57 Å². The zero-order valence-corrected chi connectivity index (χ0v) is 13.0. The Bertz CT molecular complexity index is 638. The van der Waals surface area contributed by atoms with Crippen LogP contribution in [-0.2, 0) is 0 Å². The second-order valence-electron chi connectivity index (χ2n) is 5.83. The number of rotatable bonds is 6. The minimum absolute atomic E-state index is 0.275. The normalized spacial score (nSPS) is 17.0. The summed E-state index contributed by atoms with van der Waals surface area (Å²) in [6.45, 7) is 2.79. The summed E-state index contributed by atoms with van der Waals surface area (Å²) in [5.41, 5.74) is 1.94. The minimum atomic E-state index is -0.529. The lowest BCUT2D eigenvalue weighted by atomic mass is 10.0. The molecule has 0 saturated carbocycles. The molecule has 1 aromatic carbocycles. The van der Waals surface area contributed by atoms with Crippen LogP contribution in [-0.4, -0.2) is 34.6 Å². The summed E-state index contributed by atoms with van der Waals surface area (Å²) in [4.78, 5) is 6.53. The second kappa shape index (κ2) is 7.53. The molecule has 1 aliphatic rings. The molecule has 1 atom stereocenters. The molecule has 122 valence electrons. The molecule has 2 aromatic rings. The van der Waals surface area contributed by atoms with E-state index in [0.29, 0.717) is 6.42 Å². The fraction of sp³-hybridized carbons (Fsp3) is 0.389. The van der Waals surface area contributed by atoms with Crippen LogP contribution in [0.15, 0.2) is 47.2 Å². The SMILES string of the molecule is OC(CCCN1CC=C(c2ncco2)CC1)c1ccc(F)cc1. The van der Waals surface area contributed by atoms with Crippen LogP contribution in [0.1, 0.15) is 36.8 Å². The van der Waals surface area contributed by atoms with Gasteiger partial charge in [0.1, 0.15) is 12.1 Å². The van der Waals surface area contributed by atoms with Gasteiger partial charge in [-0.3, -0.25) is 4.90 Å². The lowest BCUT2D eigenvalue weighted by Crippen LogP contribution is -2.29. The van der Waals surface area contributed by atoms with E-state index >= 15 is 0 Å². The van der Waals surface area contributed by atoms with Crippen molar-refractivity contribution in [1.29, 1.82) is 0 Å². The van der Waals surface area contributed by atoms with Gasteiger partial charge in [0.2, 0.25) is 5.89 Å². The van der Waals surface area contributed by atoms with E-state index in [9.17, 15) is 9.50 Å². The van der Waals surface area contributed by atoms with Crippen LogP contribution in [0.2, 0.25) is 0 Å². The topological polar surface area (TPSA) is 49.5 Å². The average molecular weight is 316 g/mol. The fourth-order valence-electron chi connectivity index (χ4n) is 2.85. The quantitative estimate of drug-likeness (QED) is 0.887. The fourth-order valence-corrected chi connectivity index (χ4v) is 2.85. The van der Waals surface area contributed by atoms with Crippen molar-refractivity contribution < 1.29 is 13.9 Å². The van der Waals surface area contributed by atoms with Crippen molar-refractivity contribution in [2.24, 2.45) is 0 Å². The molecular formula is C18H21FN2O2. The highest BCUT2D eigenvalue weighted by Crippen LogP contribution is 2.22. The zero-order valence-electron chi connectivity index (χ0n) is 13.0. The van der Waals surface area contributed by atoms with E-state index in [0.717, 1.165) is 49.5 Å². The van der Waals surface area contributed by atoms with Crippen molar-refractivity contribution in [3.05, 3.63) is 60.1 Å². The molecule has 0 radical (unpaired) electrons. The Kier molecular flexibility index (Phi) is 5.20. The number of hydrogen-bond acceptors (Lipinski definition) is 4. The number of aliphatic hydroxyl groups excluding tert-OH is 1. The van der Waals surface area contributed by atoms with Gasteiger partial charge < -0.3 is 9.52 Å². The summed E-state index contributed by atoms with van der Waals surface area (Å²) >= 11 is 0. The van der Waals surface area contributed by atoms with E-state index in [1.807, 2.05) is 0 Å². The minimum Gasteiger partial charge on any atom is -0.445 e. The van der Waals surface area contributed by atoms with Gasteiger partial charge in [0.05, 0.1) is 12.3 Å². The molecule has 0 fully saturated rings. The molecule has 1 aromatic heterocycles. The van der Waals surface area contributed by atoms with Gasteiger partial charge in [0.25, 0.3) is 0 Å². The lowest BCUT2D eigenvalue weighted by molar-refractivity contribution is 0.156. The molecular weight excluding hydrogens is 295 g/mol. The van der Waals surface area contributed by atoms with Crippen molar-refractivity contribution in [2.45, 2.75) is 25.4 Å². The van der Waals surface area contributed by atoms with E-state index in [4.69, 9.17) is 4.42 Å². The number of benzene rings is 1. The Morgan fingerprint density at radius 2 is 2.13 bits per heavy atom. The summed E-state index contributed by atoms with van der Waals surface area (Å²) in [5, 5.41) is 10.1. The summed E-state index contributed by atoms with van der Waals surface area (Å²) in [6, 6.07) is 6.06.